The molecule has 1 saturated heterocycles. The summed E-state index contributed by atoms with van der Waals surface area (Å²) in [4.78, 5) is 0. The normalized spacial score (nSPS) is 22.8. The van der Waals surface area contributed by atoms with E-state index >= 15 is 0 Å². The molecule has 2 rings (SSSR count). The minimum Gasteiger partial charge on any atom is -0.309 e. The van der Waals surface area contributed by atoms with Crippen LogP contribution in [0.25, 0.3) is 0 Å². The largest absolute Gasteiger partial charge is 0.435 e. The van der Waals surface area contributed by atoms with Crippen LogP contribution in [0, 0.1) is 0 Å². The van der Waals surface area contributed by atoms with E-state index in [9.17, 15) is 13.2 Å². The number of hydrogen-bond donors (Lipinski definition) is 2. The maximum absolute atomic E-state index is 12.1. The first kappa shape index (κ1) is 8.55. The monoisotopic (exact) mass is 191 g/mol. The number of aromatic amines is 1. The Morgan fingerprint density at radius 3 is 2.54 bits per heavy atom. The molecule has 1 aliphatic heterocycles. The molecule has 0 radical (unpaired) electrons. The second-order valence-corrected chi connectivity index (χ2v) is 3.00. The van der Waals surface area contributed by atoms with Crippen LogP contribution in [0.15, 0.2) is 6.07 Å². The second kappa shape index (κ2) is 2.73. The molecule has 3 nitrogen and oxygen atoms in total. The first-order chi connectivity index (χ1) is 6.07. The summed E-state index contributed by atoms with van der Waals surface area (Å²) in [5.41, 5.74) is -0.338. The zero-order valence-electron chi connectivity index (χ0n) is 6.65. The van der Waals surface area contributed by atoms with Crippen LogP contribution in [0.4, 0.5) is 13.2 Å². The Morgan fingerprint density at radius 2 is 2.15 bits per heavy atom. The highest BCUT2D eigenvalue weighted by Gasteiger charge is 2.35. The van der Waals surface area contributed by atoms with Crippen molar-refractivity contribution in [1.29, 1.82) is 0 Å². The predicted molar refractivity (Wildman–Crippen MR) is 39.0 cm³/mol. The van der Waals surface area contributed by atoms with Crippen LogP contribution in [0.3, 0.4) is 0 Å². The molecule has 1 fully saturated rings. The van der Waals surface area contributed by atoms with Gasteiger partial charge in [-0.3, -0.25) is 5.10 Å². The number of nitrogens with zero attached hydrogens (tertiary/aromatic N) is 1. The maximum Gasteiger partial charge on any atom is 0.435 e. The molecular weight excluding hydrogens is 183 g/mol. The van der Waals surface area contributed by atoms with E-state index in [4.69, 9.17) is 0 Å². The highest BCUT2D eigenvalue weighted by Crippen LogP contribution is 2.30. The van der Waals surface area contributed by atoms with Gasteiger partial charge in [0.25, 0.3) is 0 Å². The van der Waals surface area contributed by atoms with Crippen molar-refractivity contribution < 1.29 is 13.2 Å². The van der Waals surface area contributed by atoms with Crippen LogP contribution in [-0.2, 0) is 6.18 Å². The van der Waals surface area contributed by atoms with E-state index < -0.39 is 11.9 Å². The van der Waals surface area contributed by atoms with Crippen molar-refractivity contribution >= 4 is 0 Å². The summed E-state index contributed by atoms with van der Waals surface area (Å²) in [5.74, 6) is 0. The molecule has 72 valence electrons. The van der Waals surface area contributed by atoms with Gasteiger partial charge in [-0.1, -0.05) is 0 Å². The van der Waals surface area contributed by atoms with Crippen LogP contribution >= 0.6 is 0 Å². The molecule has 1 atom stereocenters. The van der Waals surface area contributed by atoms with Gasteiger partial charge in [0.2, 0.25) is 0 Å². The van der Waals surface area contributed by atoms with Gasteiger partial charge < -0.3 is 5.32 Å². The lowest BCUT2D eigenvalue weighted by Crippen LogP contribution is -2.35. The van der Waals surface area contributed by atoms with Crippen LogP contribution in [-0.4, -0.2) is 16.7 Å². The Morgan fingerprint density at radius 1 is 1.46 bits per heavy atom. The van der Waals surface area contributed by atoms with Crippen molar-refractivity contribution in [3.63, 3.8) is 0 Å². The standard InChI is InChI=1S/C7H8F3N3/c8-7(9,10)6-3-5(12-13-6)4-1-2-11-4/h3-4,11H,1-2H2,(H,12,13). The highest BCUT2D eigenvalue weighted by atomic mass is 19.4. The topological polar surface area (TPSA) is 40.7 Å². The van der Waals surface area contributed by atoms with Crippen LogP contribution in [0.2, 0.25) is 0 Å². The molecular formula is C7H8F3N3. The van der Waals surface area contributed by atoms with Crippen LogP contribution in [0.1, 0.15) is 23.9 Å². The summed E-state index contributed by atoms with van der Waals surface area (Å²) in [6.45, 7) is 0.852. The summed E-state index contributed by atoms with van der Waals surface area (Å²) < 4.78 is 36.3. The summed E-state index contributed by atoms with van der Waals surface area (Å²) >= 11 is 0. The maximum atomic E-state index is 12.1. The van der Waals surface area contributed by atoms with E-state index in [1.807, 2.05) is 0 Å². The second-order valence-electron chi connectivity index (χ2n) is 3.00. The molecule has 1 aromatic rings. The summed E-state index contributed by atoms with van der Waals surface area (Å²) in [5, 5.41) is 8.57. The summed E-state index contributed by atoms with van der Waals surface area (Å²) in [7, 11) is 0. The van der Waals surface area contributed by atoms with Gasteiger partial charge >= 0.3 is 6.18 Å². The summed E-state index contributed by atoms with van der Waals surface area (Å²) in [6.07, 6.45) is -3.49. The fourth-order valence-corrected chi connectivity index (χ4v) is 1.21. The third-order valence-electron chi connectivity index (χ3n) is 2.09. The van der Waals surface area contributed by atoms with E-state index in [1.165, 1.54) is 0 Å². The Hall–Kier alpha value is -1.04. The molecule has 0 aliphatic carbocycles. The van der Waals surface area contributed by atoms with Crippen molar-refractivity contribution in [1.82, 2.24) is 15.5 Å². The first-order valence-electron chi connectivity index (χ1n) is 3.93. The number of H-pyrrole nitrogens is 1. The van der Waals surface area contributed by atoms with Crippen molar-refractivity contribution in [3.8, 4) is 0 Å². The molecule has 0 spiro atoms. The van der Waals surface area contributed by atoms with E-state index in [-0.39, 0.29) is 6.04 Å². The Labute approximate surface area is 72.3 Å². The molecule has 13 heavy (non-hydrogen) atoms. The molecule has 1 unspecified atom stereocenters. The van der Waals surface area contributed by atoms with E-state index in [0.29, 0.717) is 5.69 Å². The third kappa shape index (κ3) is 1.53. The quantitative estimate of drug-likeness (QED) is 0.705. The lowest BCUT2D eigenvalue weighted by atomic mass is 10.0. The Bertz CT molecular complexity index is 300. The van der Waals surface area contributed by atoms with Gasteiger partial charge in [-0.15, -0.1) is 0 Å². The lowest BCUT2D eigenvalue weighted by molar-refractivity contribution is -0.141. The van der Waals surface area contributed by atoms with E-state index in [2.05, 4.69) is 15.5 Å². The summed E-state index contributed by atoms with van der Waals surface area (Å²) in [6, 6.07) is 1.07. The average molecular weight is 191 g/mol. The third-order valence-corrected chi connectivity index (χ3v) is 2.09. The predicted octanol–water partition coefficient (Wildman–Crippen LogP) is 1.46. The number of alkyl halides is 3. The van der Waals surface area contributed by atoms with Crippen molar-refractivity contribution in [2.45, 2.75) is 18.6 Å². The van der Waals surface area contributed by atoms with E-state index in [0.717, 1.165) is 19.0 Å². The first-order valence-corrected chi connectivity index (χ1v) is 3.93. The van der Waals surface area contributed by atoms with Crippen molar-refractivity contribution in [2.24, 2.45) is 0 Å². The van der Waals surface area contributed by atoms with Gasteiger partial charge in [0.1, 0.15) is 0 Å². The van der Waals surface area contributed by atoms with Crippen molar-refractivity contribution in [2.75, 3.05) is 6.54 Å². The number of aromatic nitrogens is 2. The smallest absolute Gasteiger partial charge is 0.309 e. The van der Waals surface area contributed by atoms with Gasteiger partial charge in [0.15, 0.2) is 5.69 Å². The zero-order chi connectivity index (χ0) is 9.47. The van der Waals surface area contributed by atoms with Crippen molar-refractivity contribution in [3.05, 3.63) is 17.5 Å². The van der Waals surface area contributed by atoms with E-state index in [1.54, 1.807) is 0 Å². The zero-order valence-corrected chi connectivity index (χ0v) is 6.65. The minimum absolute atomic E-state index is 0.0172. The van der Waals surface area contributed by atoms with Gasteiger partial charge in [-0.2, -0.15) is 18.3 Å². The van der Waals surface area contributed by atoms with Gasteiger partial charge in [0.05, 0.1) is 11.7 Å². The average Bonchev–Trinajstić information content (AvgIpc) is 2.29. The SMILES string of the molecule is FC(F)(F)c1cc(C2CCN2)[nH]n1. The minimum atomic E-state index is -4.35. The van der Waals surface area contributed by atoms with Gasteiger partial charge in [-0.05, 0) is 19.0 Å². The Kier molecular flexibility index (Phi) is 1.80. The molecule has 0 saturated carbocycles. The lowest BCUT2D eigenvalue weighted by Gasteiger charge is -2.25. The number of rotatable bonds is 1. The molecule has 2 heterocycles. The molecule has 2 N–H and O–H groups in total. The van der Waals surface area contributed by atoms with Gasteiger partial charge in [0, 0.05) is 0 Å². The number of halogens is 3. The molecule has 6 heteroatoms. The molecule has 1 aromatic heterocycles. The van der Waals surface area contributed by atoms with Crippen LogP contribution < -0.4 is 5.32 Å². The van der Waals surface area contributed by atoms with Gasteiger partial charge in [-0.25, -0.2) is 0 Å². The molecule has 0 bridgehead atoms. The molecule has 0 aromatic carbocycles. The highest BCUT2D eigenvalue weighted by molar-refractivity contribution is 5.16. The molecule has 1 aliphatic rings. The fourth-order valence-electron chi connectivity index (χ4n) is 1.21. The van der Waals surface area contributed by atoms with Crippen LogP contribution in [0.5, 0.6) is 0 Å². The Balaban J connectivity index is 2.17. The number of nitrogens with one attached hydrogen (secondary N) is 2. The molecule has 0 amide bonds. The number of hydrogen-bond acceptors (Lipinski definition) is 2. The fraction of sp³-hybridized carbons (Fsp3) is 0.571.